The number of hydrogen-bond acceptors (Lipinski definition) is 8. The lowest BCUT2D eigenvalue weighted by molar-refractivity contribution is -0.111. The van der Waals surface area contributed by atoms with E-state index in [1.165, 1.54) is 17.4 Å². The molecule has 0 atom stereocenters. The number of hydrogen-bond donors (Lipinski definition) is 3. The number of carbonyl (C=O) groups is 2. The Hall–Kier alpha value is -4.12. The molecule has 0 saturated carbocycles. The Bertz CT molecular complexity index is 1520. The summed E-state index contributed by atoms with van der Waals surface area (Å²) in [6, 6.07) is 13.9. The van der Waals surface area contributed by atoms with E-state index in [1.54, 1.807) is 48.7 Å². The van der Waals surface area contributed by atoms with Crippen LogP contribution in [0.15, 0.2) is 66.9 Å². The van der Waals surface area contributed by atoms with Crippen LogP contribution in [-0.4, -0.2) is 52.3 Å². The number of amides is 2. The van der Waals surface area contributed by atoms with Gasteiger partial charge in [-0.1, -0.05) is 23.7 Å². The summed E-state index contributed by atoms with van der Waals surface area (Å²) in [5.41, 5.74) is 3.82. The number of aryl methyl sites for hydroxylation is 2. The number of benzene rings is 2. The van der Waals surface area contributed by atoms with Crippen molar-refractivity contribution in [3.63, 3.8) is 0 Å². The molecule has 0 bridgehead atoms. The minimum Gasteiger partial charge on any atom is -0.324 e. The van der Waals surface area contributed by atoms with Crippen molar-refractivity contribution in [3.8, 4) is 10.6 Å². The van der Waals surface area contributed by atoms with Gasteiger partial charge >= 0.3 is 0 Å². The smallest absolute Gasteiger partial charge is 0.255 e. The van der Waals surface area contributed by atoms with Crippen molar-refractivity contribution in [3.05, 3.63) is 88.2 Å². The molecule has 0 aliphatic heterocycles. The third kappa shape index (κ3) is 7.70. The summed E-state index contributed by atoms with van der Waals surface area (Å²) >= 11 is 7.90. The van der Waals surface area contributed by atoms with E-state index < -0.39 is 0 Å². The molecule has 0 radical (unpaired) electrons. The lowest BCUT2D eigenvalue weighted by Gasteiger charge is -2.10. The first-order valence-electron chi connectivity index (χ1n) is 12.1. The zero-order valence-corrected chi connectivity index (χ0v) is 23.5. The Labute approximate surface area is 236 Å². The molecule has 0 spiro atoms. The lowest BCUT2D eigenvalue weighted by atomic mass is 10.2. The van der Waals surface area contributed by atoms with Crippen LogP contribution in [0.2, 0.25) is 5.02 Å². The fraction of sp³-hybridized carbons (Fsp3) is 0.179. The highest BCUT2D eigenvalue weighted by Crippen LogP contribution is 2.34. The number of anilines is 4. The summed E-state index contributed by atoms with van der Waals surface area (Å²) in [6.07, 6.45) is 4.82. The standard InChI is InChI=1S/C28H28ClN7O2S/c1-17-26(39-18(2)31-17)25-23(29)16-30-28(35-25)34-22-8-5-7-21(15-22)33-27(38)19-10-12-20(13-11-19)32-24(37)9-6-14-36(3)4/h5-13,15-16H,14H2,1-4H3,(H,32,37)(H,33,38)(H,30,34,35)/b9-6+. The second kappa shape index (κ2) is 12.6. The fourth-order valence-corrected chi connectivity index (χ4v) is 4.77. The predicted octanol–water partition coefficient (Wildman–Crippen LogP) is 5.92. The van der Waals surface area contributed by atoms with Crippen molar-refractivity contribution in [2.24, 2.45) is 0 Å². The van der Waals surface area contributed by atoms with E-state index in [2.05, 4.69) is 30.9 Å². The van der Waals surface area contributed by atoms with E-state index in [1.807, 2.05) is 45.0 Å². The molecular formula is C28H28ClN7O2S. The molecule has 4 aromatic rings. The minimum atomic E-state index is -0.281. The Morgan fingerprint density at radius 2 is 1.74 bits per heavy atom. The van der Waals surface area contributed by atoms with Crippen molar-refractivity contribution < 1.29 is 9.59 Å². The van der Waals surface area contributed by atoms with Crippen molar-refractivity contribution in [1.82, 2.24) is 19.9 Å². The molecule has 2 aromatic carbocycles. The van der Waals surface area contributed by atoms with Crippen LogP contribution in [0, 0.1) is 13.8 Å². The first-order valence-corrected chi connectivity index (χ1v) is 13.2. The number of halogens is 1. The van der Waals surface area contributed by atoms with Crippen molar-refractivity contribution in [2.45, 2.75) is 13.8 Å². The van der Waals surface area contributed by atoms with Gasteiger partial charge in [-0.15, -0.1) is 11.3 Å². The Morgan fingerprint density at radius 1 is 1.00 bits per heavy atom. The number of carbonyl (C=O) groups excluding carboxylic acids is 2. The van der Waals surface area contributed by atoms with Gasteiger partial charge in [0.25, 0.3) is 5.91 Å². The molecule has 2 amide bonds. The van der Waals surface area contributed by atoms with Gasteiger partial charge in [0.15, 0.2) is 0 Å². The number of thiazole rings is 1. The van der Waals surface area contributed by atoms with Crippen LogP contribution in [0.4, 0.5) is 23.0 Å². The first kappa shape index (κ1) is 27.9. The molecule has 3 N–H and O–H groups in total. The van der Waals surface area contributed by atoms with E-state index >= 15 is 0 Å². The van der Waals surface area contributed by atoms with Crippen LogP contribution in [0.5, 0.6) is 0 Å². The van der Waals surface area contributed by atoms with E-state index in [4.69, 9.17) is 11.6 Å². The van der Waals surface area contributed by atoms with Crippen molar-refractivity contribution in [1.29, 1.82) is 0 Å². The second-order valence-corrected chi connectivity index (χ2v) is 10.5. The molecule has 4 rings (SSSR count). The summed E-state index contributed by atoms with van der Waals surface area (Å²) < 4.78 is 0. The van der Waals surface area contributed by atoms with Gasteiger partial charge in [-0.3, -0.25) is 9.59 Å². The highest BCUT2D eigenvalue weighted by molar-refractivity contribution is 7.15. The number of aromatic nitrogens is 3. The van der Waals surface area contributed by atoms with E-state index in [0.717, 1.165) is 15.6 Å². The van der Waals surface area contributed by atoms with Crippen LogP contribution in [0.1, 0.15) is 21.1 Å². The maximum atomic E-state index is 12.8. The second-order valence-electron chi connectivity index (χ2n) is 8.93. The normalized spacial score (nSPS) is 11.1. The summed E-state index contributed by atoms with van der Waals surface area (Å²) in [6.45, 7) is 4.53. The topological polar surface area (TPSA) is 112 Å². The average Bonchev–Trinajstić information content (AvgIpc) is 3.23. The zero-order valence-electron chi connectivity index (χ0n) is 21.9. The van der Waals surface area contributed by atoms with Gasteiger partial charge in [0, 0.05) is 35.2 Å². The van der Waals surface area contributed by atoms with Gasteiger partial charge in [0.1, 0.15) is 5.69 Å². The van der Waals surface area contributed by atoms with Gasteiger partial charge in [0.2, 0.25) is 11.9 Å². The lowest BCUT2D eigenvalue weighted by Crippen LogP contribution is -2.13. The molecule has 0 aliphatic rings. The van der Waals surface area contributed by atoms with Crippen molar-refractivity contribution >= 4 is 57.8 Å². The summed E-state index contributed by atoms with van der Waals surface area (Å²) in [5.74, 6) is -0.137. The maximum Gasteiger partial charge on any atom is 0.255 e. The molecule has 0 fully saturated rings. The number of likely N-dealkylation sites (N-methyl/N-ethyl adjacent to an activating group) is 1. The highest BCUT2D eigenvalue weighted by Gasteiger charge is 2.15. The van der Waals surface area contributed by atoms with Gasteiger partial charge in [-0.25, -0.2) is 15.0 Å². The molecule has 0 unspecified atom stereocenters. The molecule has 2 heterocycles. The Kier molecular flexibility index (Phi) is 9.03. The van der Waals surface area contributed by atoms with Gasteiger partial charge in [-0.2, -0.15) is 0 Å². The van der Waals surface area contributed by atoms with Gasteiger partial charge < -0.3 is 20.9 Å². The van der Waals surface area contributed by atoms with Gasteiger partial charge in [-0.05, 0) is 70.4 Å². The van der Waals surface area contributed by atoms with E-state index in [-0.39, 0.29) is 11.8 Å². The van der Waals surface area contributed by atoms with Crippen LogP contribution in [0.25, 0.3) is 10.6 Å². The number of nitrogens with zero attached hydrogens (tertiary/aromatic N) is 4. The highest BCUT2D eigenvalue weighted by atomic mass is 35.5. The zero-order chi connectivity index (χ0) is 27.9. The van der Waals surface area contributed by atoms with Crippen molar-refractivity contribution in [2.75, 3.05) is 36.6 Å². The summed E-state index contributed by atoms with van der Waals surface area (Å²) in [5, 5.41) is 10.2. The molecule has 9 nitrogen and oxygen atoms in total. The minimum absolute atomic E-state index is 0.229. The van der Waals surface area contributed by atoms with Crippen LogP contribution in [-0.2, 0) is 4.79 Å². The summed E-state index contributed by atoms with van der Waals surface area (Å²) in [4.78, 5) is 41.0. The fourth-order valence-electron chi connectivity index (χ4n) is 3.60. The van der Waals surface area contributed by atoms with Gasteiger partial charge in [0.05, 0.1) is 26.8 Å². The number of nitrogens with one attached hydrogen (secondary N) is 3. The molecular weight excluding hydrogens is 534 g/mol. The average molecular weight is 562 g/mol. The summed E-state index contributed by atoms with van der Waals surface area (Å²) in [7, 11) is 3.85. The first-order chi connectivity index (χ1) is 18.7. The SMILES string of the molecule is Cc1nc(C)c(-c2nc(Nc3cccc(NC(=O)c4ccc(NC(=O)/C=C/CN(C)C)cc4)c3)ncc2Cl)s1. The molecule has 200 valence electrons. The maximum absolute atomic E-state index is 12.8. The third-order valence-electron chi connectivity index (χ3n) is 5.39. The Balaban J connectivity index is 1.40. The van der Waals surface area contributed by atoms with Crippen LogP contribution in [0.3, 0.4) is 0 Å². The quantitative estimate of drug-likeness (QED) is 0.217. The third-order valence-corrected chi connectivity index (χ3v) is 6.75. The van der Waals surface area contributed by atoms with Crippen LogP contribution >= 0.6 is 22.9 Å². The molecule has 11 heteroatoms. The Morgan fingerprint density at radius 3 is 2.44 bits per heavy atom. The monoisotopic (exact) mass is 561 g/mol. The molecule has 39 heavy (non-hydrogen) atoms. The van der Waals surface area contributed by atoms with E-state index in [0.29, 0.717) is 45.8 Å². The largest absolute Gasteiger partial charge is 0.324 e. The molecule has 2 aromatic heterocycles. The van der Waals surface area contributed by atoms with E-state index in [9.17, 15) is 9.59 Å². The molecule has 0 aliphatic carbocycles. The van der Waals surface area contributed by atoms with Crippen LogP contribution < -0.4 is 16.0 Å². The molecule has 0 saturated heterocycles. The number of rotatable bonds is 9. The predicted molar refractivity (Wildman–Crippen MR) is 158 cm³/mol.